The van der Waals surface area contributed by atoms with E-state index in [2.05, 4.69) is 15.3 Å². The number of aliphatic imine (C=N–C) groups is 1. The number of pyridine rings is 1. The summed E-state index contributed by atoms with van der Waals surface area (Å²) in [5.74, 6) is -0.308. The molecule has 24 heavy (non-hydrogen) atoms. The number of nitrogens with zero attached hydrogens (tertiary/aromatic N) is 2. The smallest absolute Gasteiger partial charge is 0.338 e. The zero-order chi connectivity index (χ0) is 17.5. The van der Waals surface area contributed by atoms with E-state index in [9.17, 15) is 14.7 Å². The Morgan fingerprint density at radius 2 is 2.29 bits per heavy atom. The van der Waals surface area contributed by atoms with Crippen LogP contribution in [-0.4, -0.2) is 45.7 Å². The second-order valence-electron chi connectivity index (χ2n) is 6.26. The number of hydrogen-bond acceptors (Lipinski definition) is 6. The number of hydrogen-bond donors (Lipinski definition) is 2. The van der Waals surface area contributed by atoms with Gasteiger partial charge < -0.3 is 15.2 Å². The van der Waals surface area contributed by atoms with Crippen molar-refractivity contribution in [3.8, 4) is 0 Å². The van der Waals surface area contributed by atoms with Crippen molar-refractivity contribution in [2.24, 2.45) is 10.9 Å². The normalized spacial score (nSPS) is 26.6. The summed E-state index contributed by atoms with van der Waals surface area (Å²) in [5.41, 5.74) is -0.237. The van der Waals surface area contributed by atoms with Crippen molar-refractivity contribution in [1.29, 1.82) is 0 Å². The molecule has 128 valence electrons. The summed E-state index contributed by atoms with van der Waals surface area (Å²) in [7, 11) is 0. The average molecular weight is 349 g/mol. The lowest BCUT2D eigenvalue weighted by Crippen LogP contribution is -2.41. The van der Waals surface area contributed by atoms with Crippen LogP contribution in [0.15, 0.2) is 17.3 Å². The summed E-state index contributed by atoms with van der Waals surface area (Å²) in [6.45, 7) is 6.16. The van der Waals surface area contributed by atoms with E-state index in [-0.39, 0.29) is 34.4 Å². The minimum Gasteiger partial charge on any atom is -0.478 e. The minimum absolute atomic E-state index is 0.00987. The Morgan fingerprint density at radius 3 is 2.83 bits per heavy atom. The van der Waals surface area contributed by atoms with Gasteiger partial charge in [-0.15, -0.1) is 11.8 Å². The maximum absolute atomic E-state index is 12.3. The Morgan fingerprint density at radius 1 is 1.54 bits per heavy atom. The van der Waals surface area contributed by atoms with E-state index in [0.717, 1.165) is 5.75 Å². The number of aromatic nitrogens is 1. The van der Waals surface area contributed by atoms with E-state index in [4.69, 9.17) is 4.74 Å². The molecule has 1 saturated heterocycles. The fraction of sp³-hybridized carbons (Fsp3) is 0.500. The van der Waals surface area contributed by atoms with Crippen LogP contribution >= 0.6 is 11.8 Å². The summed E-state index contributed by atoms with van der Waals surface area (Å²) in [6, 6.07) is 1.55. The largest absolute Gasteiger partial charge is 0.478 e. The average Bonchev–Trinajstić information content (AvgIpc) is 3.16. The molecule has 1 aromatic heterocycles. The molecule has 7 nitrogen and oxygen atoms in total. The predicted molar refractivity (Wildman–Crippen MR) is 90.3 cm³/mol. The molecule has 8 heteroatoms. The van der Waals surface area contributed by atoms with E-state index in [1.165, 1.54) is 0 Å². The molecule has 2 atom stereocenters. The molecule has 0 bridgehead atoms. The van der Waals surface area contributed by atoms with E-state index in [1.807, 2.05) is 13.8 Å². The van der Waals surface area contributed by atoms with Crippen molar-refractivity contribution in [2.75, 3.05) is 12.4 Å². The van der Waals surface area contributed by atoms with Crippen LogP contribution in [-0.2, 0) is 9.53 Å². The molecule has 1 amide bonds. The molecule has 0 aliphatic carbocycles. The van der Waals surface area contributed by atoms with Gasteiger partial charge in [0.25, 0.3) is 5.91 Å². The number of rotatable bonds is 4. The summed E-state index contributed by atoms with van der Waals surface area (Å²) in [5, 5.41) is 12.2. The van der Waals surface area contributed by atoms with Gasteiger partial charge >= 0.3 is 5.97 Å². The van der Waals surface area contributed by atoms with Gasteiger partial charge in [-0.3, -0.25) is 9.78 Å². The van der Waals surface area contributed by atoms with Crippen LogP contribution in [0.2, 0.25) is 0 Å². The van der Waals surface area contributed by atoms with Gasteiger partial charge in [0, 0.05) is 17.5 Å². The van der Waals surface area contributed by atoms with Crippen LogP contribution in [0.3, 0.4) is 0 Å². The first-order chi connectivity index (χ1) is 11.3. The van der Waals surface area contributed by atoms with Gasteiger partial charge in [-0.25, -0.2) is 9.79 Å². The Labute approximate surface area is 143 Å². The molecule has 0 radical (unpaired) electrons. The maximum atomic E-state index is 12.3. The fourth-order valence-electron chi connectivity index (χ4n) is 2.56. The van der Waals surface area contributed by atoms with E-state index < -0.39 is 11.5 Å². The molecule has 2 aliphatic heterocycles. The monoisotopic (exact) mass is 349 g/mol. The molecule has 2 unspecified atom stereocenters. The molecule has 1 aromatic rings. The van der Waals surface area contributed by atoms with E-state index in [1.54, 1.807) is 30.9 Å². The second-order valence-corrected chi connectivity index (χ2v) is 7.43. The fourth-order valence-corrected chi connectivity index (χ4v) is 3.48. The first kappa shape index (κ1) is 16.9. The number of amides is 1. The molecule has 0 aromatic carbocycles. The predicted octanol–water partition coefficient (Wildman–Crippen LogP) is 1.83. The van der Waals surface area contributed by atoms with Gasteiger partial charge in [-0.05, 0) is 18.9 Å². The number of aromatic carboxylic acids is 1. The molecule has 1 fully saturated rings. The number of carboxylic acid groups (broad SMARTS) is 1. The van der Waals surface area contributed by atoms with Crippen LogP contribution in [0.25, 0.3) is 0 Å². The Balaban J connectivity index is 2.02. The third-order valence-corrected chi connectivity index (χ3v) is 5.53. The highest BCUT2D eigenvalue weighted by Gasteiger charge is 2.43. The van der Waals surface area contributed by atoms with Gasteiger partial charge in [0.1, 0.15) is 16.7 Å². The summed E-state index contributed by atoms with van der Waals surface area (Å²) < 4.78 is 5.55. The third-order valence-electron chi connectivity index (χ3n) is 4.42. The molecule has 3 rings (SSSR count). The van der Waals surface area contributed by atoms with Crippen molar-refractivity contribution in [2.45, 2.75) is 31.7 Å². The number of ether oxygens (including phenoxy) is 1. The topological polar surface area (TPSA) is 101 Å². The van der Waals surface area contributed by atoms with E-state index >= 15 is 0 Å². The molecule has 2 N–H and O–H groups in total. The number of thioether (sulfide) groups is 1. The Hall–Kier alpha value is -1.93. The first-order valence-electron chi connectivity index (χ1n) is 7.71. The van der Waals surface area contributed by atoms with Gasteiger partial charge in [0.05, 0.1) is 12.2 Å². The summed E-state index contributed by atoms with van der Waals surface area (Å²) in [4.78, 5) is 32.6. The second kappa shape index (κ2) is 6.18. The first-order valence-corrected chi connectivity index (χ1v) is 8.76. The Bertz CT molecular complexity index is 728. The van der Waals surface area contributed by atoms with Crippen LogP contribution < -0.4 is 5.32 Å². The number of nitrogens with one attached hydrogen (secondary N) is 1. The minimum atomic E-state index is -1.11. The van der Waals surface area contributed by atoms with Gasteiger partial charge in [0.2, 0.25) is 0 Å². The maximum Gasteiger partial charge on any atom is 0.338 e. The number of carbonyl (C=O) groups excluding carboxylic acids is 1. The van der Waals surface area contributed by atoms with Crippen molar-refractivity contribution in [3.63, 3.8) is 0 Å². The van der Waals surface area contributed by atoms with Crippen molar-refractivity contribution < 1.29 is 19.4 Å². The van der Waals surface area contributed by atoms with Crippen molar-refractivity contribution in [3.05, 3.63) is 29.1 Å². The van der Waals surface area contributed by atoms with Crippen LogP contribution in [0.1, 0.15) is 47.8 Å². The summed E-state index contributed by atoms with van der Waals surface area (Å²) in [6.07, 6.45) is 1.59. The van der Waals surface area contributed by atoms with E-state index in [0.29, 0.717) is 12.2 Å². The molecule has 2 aliphatic rings. The summed E-state index contributed by atoms with van der Waals surface area (Å²) >= 11 is 1.60. The van der Waals surface area contributed by atoms with Gasteiger partial charge in [0.15, 0.2) is 5.84 Å². The standard InChI is InChI=1S/C16H19N3O4S/c1-8(2)16(3)15(22)18-12(19-16)11-10(13(20)21)6-9(7-17-11)14-23-4-5-24-14/h6-8,14H,4-5H2,1-3H3,(H,20,21)(H,18,19,22). The number of carbonyl (C=O) groups is 2. The third kappa shape index (κ3) is 2.80. The lowest BCUT2D eigenvalue weighted by molar-refractivity contribution is -0.124. The van der Waals surface area contributed by atoms with Crippen LogP contribution in [0, 0.1) is 5.92 Å². The highest BCUT2D eigenvalue weighted by molar-refractivity contribution is 7.99. The number of amidine groups is 1. The number of carboxylic acids is 1. The lowest BCUT2D eigenvalue weighted by Gasteiger charge is -2.21. The zero-order valence-electron chi connectivity index (χ0n) is 13.7. The molecule has 3 heterocycles. The molecular weight excluding hydrogens is 330 g/mol. The van der Waals surface area contributed by atoms with Crippen LogP contribution in [0.4, 0.5) is 0 Å². The molecular formula is C16H19N3O4S. The SMILES string of the molecule is CC(C)C1(C)N=C(c2ncc(C3OCCS3)cc2C(=O)O)NC1=O. The molecule has 0 saturated carbocycles. The lowest BCUT2D eigenvalue weighted by atomic mass is 9.89. The van der Waals surface area contributed by atoms with Crippen LogP contribution in [0.5, 0.6) is 0 Å². The highest BCUT2D eigenvalue weighted by atomic mass is 32.2. The zero-order valence-corrected chi connectivity index (χ0v) is 14.5. The molecule has 0 spiro atoms. The Kier molecular flexibility index (Phi) is 4.35. The van der Waals surface area contributed by atoms with Gasteiger partial charge in [-0.2, -0.15) is 0 Å². The van der Waals surface area contributed by atoms with Crippen molar-refractivity contribution >= 4 is 29.5 Å². The van der Waals surface area contributed by atoms with Crippen molar-refractivity contribution in [1.82, 2.24) is 10.3 Å². The quantitative estimate of drug-likeness (QED) is 0.860. The van der Waals surface area contributed by atoms with Gasteiger partial charge in [-0.1, -0.05) is 13.8 Å². The highest BCUT2D eigenvalue weighted by Crippen LogP contribution is 2.35.